The van der Waals surface area contributed by atoms with Crippen molar-refractivity contribution in [1.29, 1.82) is 0 Å². The Morgan fingerprint density at radius 1 is 0.821 bits per heavy atom. The number of fused-ring (bicyclic) bond motifs is 2. The van der Waals surface area contributed by atoms with Crippen LogP contribution in [0.1, 0.15) is 43.0 Å². The molecule has 206 valence electrons. The van der Waals surface area contributed by atoms with Crippen LogP contribution in [0.15, 0.2) is 24.3 Å². The molecular weight excluding hydrogens is 544 g/mol. The fourth-order valence-electron chi connectivity index (χ4n) is 4.16. The van der Waals surface area contributed by atoms with Gasteiger partial charge in [-0.15, -0.1) is 0 Å². The third kappa shape index (κ3) is 5.73. The number of carbonyl (C=O) groups is 3. The van der Waals surface area contributed by atoms with Crippen molar-refractivity contribution in [3.8, 4) is 0 Å². The largest absolute Gasteiger partial charge is 0.491 e. The predicted octanol–water partition coefficient (Wildman–Crippen LogP) is -0.227. The lowest BCUT2D eigenvalue weighted by atomic mass is 9.77. The van der Waals surface area contributed by atoms with Crippen LogP contribution in [-0.2, 0) is 39.7 Å². The van der Waals surface area contributed by atoms with E-state index in [0.29, 0.717) is 12.1 Å². The van der Waals surface area contributed by atoms with Gasteiger partial charge in [0.25, 0.3) is 11.8 Å². The molecule has 0 fully saturated rings. The molecule has 2 aromatic rings. The molecule has 10 nitrogen and oxygen atoms in total. The molecule has 2 heterocycles. The van der Waals surface area contributed by atoms with Crippen LogP contribution in [0.5, 0.6) is 0 Å². The first-order chi connectivity index (χ1) is 18.1. The number of nitrogens with one attached hydrogen (secondary N) is 2. The summed E-state index contributed by atoms with van der Waals surface area (Å²) in [6.45, 7) is -2.00. The first kappa shape index (κ1) is 28.4. The van der Waals surface area contributed by atoms with E-state index >= 15 is 0 Å². The number of carboxylic acids is 1. The van der Waals surface area contributed by atoms with Gasteiger partial charge in [0.05, 0.1) is 24.3 Å². The molecule has 18 heteroatoms. The average molecular weight is 560 g/mol. The Bertz CT molecular complexity index is 1350. The molecule has 0 aliphatic carbocycles. The summed E-state index contributed by atoms with van der Waals surface area (Å²) >= 11 is 0. The van der Waals surface area contributed by atoms with E-state index in [2.05, 4.69) is 0 Å². The molecular formula is C21H16B2F6N2O8. The van der Waals surface area contributed by atoms with Gasteiger partial charge in [0.1, 0.15) is 6.04 Å². The van der Waals surface area contributed by atoms with Gasteiger partial charge >= 0.3 is 32.6 Å². The maximum absolute atomic E-state index is 13.5. The molecule has 39 heavy (non-hydrogen) atoms. The minimum Gasteiger partial charge on any atom is -0.480 e. The average Bonchev–Trinajstić information content (AvgIpc) is 3.41. The van der Waals surface area contributed by atoms with Gasteiger partial charge in [0.15, 0.2) is 0 Å². The first-order valence-electron chi connectivity index (χ1n) is 11.0. The van der Waals surface area contributed by atoms with E-state index in [4.69, 9.17) is 9.31 Å². The third-order valence-electron chi connectivity index (χ3n) is 6.08. The Morgan fingerprint density at radius 3 is 1.67 bits per heavy atom. The molecule has 2 aliphatic rings. The zero-order valence-electron chi connectivity index (χ0n) is 19.3. The highest BCUT2D eigenvalue weighted by atomic mass is 19.4. The molecule has 2 aromatic carbocycles. The van der Waals surface area contributed by atoms with Gasteiger partial charge in [-0.25, -0.2) is 4.79 Å². The van der Waals surface area contributed by atoms with Crippen LogP contribution in [0.25, 0.3) is 0 Å². The van der Waals surface area contributed by atoms with Crippen molar-refractivity contribution >= 4 is 42.9 Å². The number of carboxylic acid groups (broad SMARTS) is 1. The number of amides is 2. The van der Waals surface area contributed by atoms with Crippen LogP contribution in [0.3, 0.4) is 0 Å². The monoisotopic (exact) mass is 560 g/mol. The minimum atomic E-state index is -4.93. The fourth-order valence-corrected chi connectivity index (χ4v) is 4.16. The maximum Gasteiger partial charge on any atom is 0.491 e. The standard InChI is InChI=1S/C21H16B2F6N2O8/c24-20(25,26)12-1-8(3-14-10(12)6-38-22(14)36)17(32)30-5-16(19(34)35)31-18(33)9-2-13(21(27,28)29)11-7-39-23(37)15(11)4-9/h1-4,16,36-37H,5-7H2,(H,30,32)(H,31,33)(H,34,35)/t16-/m0/s1. The van der Waals surface area contributed by atoms with Gasteiger partial charge in [0.2, 0.25) is 0 Å². The number of halogens is 6. The highest BCUT2D eigenvalue weighted by Gasteiger charge is 2.42. The second-order valence-corrected chi connectivity index (χ2v) is 8.58. The first-order valence-corrected chi connectivity index (χ1v) is 11.0. The molecule has 2 amide bonds. The van der Waals surface area contributed by atoms with Crippen LogP contribution in [0.4, 0.5) is 26.3 Å². The van der Waals surface area contributed by atoms with E-state index in [1.54, 1.807) is 0 Å². The molecule has 5 N–H and O–H groups in total. The van der Waals surface area contributed by atoms with Gasteiger partial charge in [-0.1, -0.05) is 0 Å². The van der Waals surface area contributed by atoms with E-state index in [9.17, 15) is 55.9 Å². The van der Waals surface area contributed by atoms with Crippen molar-refractivity contribution < 1.29 is 65.2 Å². The van der Waals surface area contributed by atoms with Gasteiger partial charge < -0.3 is 35.1 Å². The zero-order valence-corrected chi connectivity index (χ0v) is 19.3. The molecule has 0 radical (unpaired) electrons. The van der Waals surface area contributed by atoms with Crippen molar-refractivity contribution in [2.45, 2.75) is 31.6 Å². The Morgan fingerprint density at radius 2 is 1.26 bits per heavy atom. The molecule has 4 rings (SSSR count). The Balaban J connectivity index is 1.53. The second kappa shape index (κ2) is 10.2. The SMILES string of the molecule is O=C(NC[C@H](NC(=O)c1cc2c(c(C(F)(F)F)c1)COB2O)C(=O)O)c1cc2c(c(C(F)(F)F)c1)COB2O. The maximum atomic E-state index is 13.5. The van der Waals surface area contributed by atoms with Crippen molar-refractivity contribution in [3.05, 3.63) is 57.6 Å². The number of rotatable bonds is 6. The lowest BCUT2D eigenvalue weighted by Gasteiger charge is -2.18. The number of benzene rings is 2. The van der Waals surface area contributed by atoms with Crippen LogP contribution in [-0.4, -0.2) is 59.8 Å². The summed E-state index contributed by atoms with van der Waals surface area (Å²) in [4.78, 5) is 36.9. The summed E-state index contributed by atoms with van der Waals surface area (Å²) in [5.41, 5.74) is -5.17. The summed E-state index contributed by atoms with van der Waals surface area (Å²) < 4.78 is 90.4. The molecule has 0 saturated carbocycles. The molecule has 2 aliphatic heterocycles. The van der Waals surface area contributed by atoms with Gasteiger partial charge in [0, 0.05) is 17.7 Å². The number of aliphatic carboxylic acids is 1. The van der Waals surface area contributed by atoms with E-state index in [0.717, 1.165) is 12.1 Å². The van der Waals surface area contributed by atoms with E-state index in [-0.39, 0.29) is 16.5 Å². The summed E-state index contributed by atoms with van der Waals surface area (Å²) in [7, 11) is -3.47. The summed E-state index contributed by atoms with van der Waals surface area (Å²) in [6.07, 6.45) is -9.84. The minimum absolute atomic E-state index is 0.304. The van der Waals surface area contributed by atoms with E-state index < -0.39 is 98.0 Å². The molecule has 0 bridgehead atoms. The molecule has 1 atom stereocenters. The molecule has 0 saturated heterocycles. The van der Waals surface area contributed by atoms with Crippen molar-refractivity contribution in [2.24, 2.45) is 0 Å². The fraction of sp³-hybridized carbons (Fsp3) is 0.286. The summed E-state index contributed by atoms with van der Waals surface area (Å²) in [5, 5.41) is 33.0. The summed E-state index contributed by atoms with van der Waals surface area (Å²) in [6, 6.07) is 0.842. The summed E-state index contributed by atoms with van der Waals surface area (Å²) in [5.74, 6) is -4.22. The zero-order chi connectivity index (χ0) is 28.9. The lowest BCUT2D eigenvalue weighted by Crippen LogP contribution is -2.48. The predicted molar refractivity (Wildman–Crippen MR) is 119 cm³/mol. The van der Waals surface area contributed by atoms with Gasteiger partial charge in [-0.2, -0.15) is 26.3 Å². The van der Waals surface area contributed by atoms with Crippen molar-refractivity contribution in [1.82, 2.24) is 10.6 Å². The van der Waals surface area contributed by atoms with Gasteiger partial charge in [-0.3, -0.25) is 9.59 Å². The number of alkyl halides is 6. The van der Waals surface area contributed by atoms with Crippen LogP contribution < -0.4 is 21.6 Å². The Labute approximate surface area is 215 Å². The third-order valence-corrected chi connectivity index (χ3v) is 6.08. The van der Waals surface area contributed by atoms with Gasteiger partial charge in [-0.05, 0) is 46.3 Å². The molecule has 0 aromatic heterocycles. The normalized spacial score (nSPS) is 15.6. The number of hydrogen-bond donors (Lipinski definition) is 5. The van der Waals surface area contributed by atoms with Crippen LogP contribution in [0, 0.1) is 0 Å². The van der Waals surface area contributed by atoms with E-state index in [1.165, 1.54) is 0 Å². The number of carbonyl (C=O) groups excluding carboxylic acids is 2. The van der Waals surface area contributed by atoms with E-state index in [1.807, 2.05) is 10.6 Å². The second-order valence-electron chi connectivity index (χ2n) is 8.58. The van der Waals surface area contributed by atoms with Crippen molar-refractivity contribution in [2.75, 3.05) is 6.54 Å². The number of hydrogen-bond acceptors (Lipinski definition) is 7. The lowest BCUT2D eigenvalue weighted by molar-refractivity contribution is -0.139. The quantitative estimate of drug-likeness (QED) is 0.240. The smallest absolute Gasteiger partial charge is 0.480 e. The van der Waals surface area contributed by atoms with Crippen LogP contribution >= 0.6 is 0 Å². The Kier molecular flexibility index (Phi) is 7.41. The highest BCUT2D eigenvalue weighted by molar-refractivity contribution is 6.62. The van der Waals surface area contributed by atoms with Crippen LogP contribution in [0.2, 0.25) is 0 Å². The molecule has 0 spiro atoms. The van der Waals surface area contributed by atoms with Crippen molar-refractivity contribution in [3.63, 3.8) is 0 Å². The topological polar surface area (TPSA) is 154 Å². The Hall–Kier alpha value is -3.60. The molecule has 0 unspecified atom stereocenters. The highest BCUT2D eigenvalue weighted by Crippen LogP contribution is 2.35.